The number of nitrogens with zero attached hydrogens (tertiary/aromatic N) is 3. The predicted octanol–water partition coefficient (Wildman–Crippen LogP) is 3.46. The van der Waals surface area contributed by atoms with Crippen LogP contribution >= 0.6 is 22.7 Å². The van der Waals surface area contributed by atoms with Gasteiger partial charge in [-0.25, -0.2) is 9.97 Å². The summed E-state index contributed by atoms with van der Waals surface area (Å²) in [6.07, 6.45) is 4.86. The zero-order chi connectivity index (χ0) is 20.9. The quantitative estimate of drug-likeness (QED) is 0.495. The van der Waals surface area contributed by atoms with Gasteiger partial charge in [0.05, 0.1) is 10.3 Å². The van der Waals surface area contributed by atoms with Gasteiger partial charge < -0.3 is 15.5 Å². The maximum absolute atomic E-state index is 12.7. The standard InChI is InChI=1S/C21H25N5O2S2/c1-14-17-19(22-8-4-11-26-10-2-6-16(26)27)24-13-25-21(17)30-18(14)20(28)23-9-7-15-5-3-12-29-15/h3,5,12-13H,2,4,6-11H2,1H3,(H,23,28)(H,22,24,25). The van der Waals surface area contributed by atoms with Gasteiger partial charge in [0, 0.05) is 37.5 Å². The van der Waals surface area contributed by atoms with Crippen LogP contribution in [0.2, 0.25) is 0 Å². The molecule has 1 aliphatic rings. The molecule has 158 valence electrons. The number of likely N-dealkylation sites (tertiary alicyclic amines) is 1. The lowest BCUT2D eigenvalue weighted by Crippen LogP contribution is -2.27. The number of amides is 2. The number of hydrogen-bond acceptors (Lipinski definition) is 7. The zero-order valence-corrected chi connectivity index (χ0v) is 18.6. The van der Waals surface area contributed by atoms with E-state index in [1.165, 1.54) is 22.5 Å². The van der Waals surface area contributed by atoms with E-state index in [2.05, 4.69) is 26.7 Å². The zero-order valence-electron chi connectivity index (χ0n) is 16.9. The van der Waals surface area contributed by atoms with E-state index in [9.17, 15) is 9.59 Å². The molecule has 2 amide bonds. The molecule has 3 aromatic heterocycles. The minimum atomic E-state index is -0.0643. The van der Waals surface area contributed by atoms with Crippen molar-refractivity contribution in [2.75, 3.05) is 31.5 Å². The Morgan fingerprint density at radius 1 is 1.30 bits per heavy atom. The second kappa shape index (κ2) is 9.53. The third-order valence-corrected chi connectivity index (χ3v) is 7.37. The van der Waals surface area contributed by atoms with E-state index < -0.39 is 0 Å². The van der Waals surface area contributed by atoms with Gasteiger partial charge in [0.15, 0.2) is 0 Å². The monoisotopic (exact) mass is 443 g/mol. The number of carbonyl (C=O) groups excluding carboxylic acids is 2. The van der Waals surface area contributed by atoms with Crippen molar-refractivity contribution in [3.05, 3.63) is 39.2 Å². The Labute approximate surface area is 183 Å². The number of hydrogen-bond donors (Lipinski definition) is 2. The molecule has 0 atom stereocenters. The fraction of sp³-hybridized carbons (Fsp3) is 0.429. The summed E-state index contributed by atoms with van der Waals surface area (Å²) in [4.78, 5) is 37.9. The molecular weight excluding hydrogens is 418 g/mol. The topological polar surface area (TPSA) is 87.2 Å². The molecule has 0 aliphatic carbocycles. The van der Waals surface area contributed by atoms with Crippen LogP contribution in [0.1, 0.15) is 39.4 Å². The second-order valence-corrected chi connectivity index (χ2v) is 9.34. The van der Waals surface area contributed by atoms with Crippen molar-refractivity contribution in [2.45, 2.75) is 32.6 Å². The third kappa shape index (κ3) is 4.62. The van der Waals surface area contributed by atoms with E-state index >= 15 is 0 Å². The van der Waals surface area contributed by atoms with Crippen LogP contribution in [0, 0.1) is 6.92 Å². The van der Waals surface area contributed by atoms with Crippen molar-refractivity contribution in [3.63, 3.8) is 0 Å². The fourth-order valence-corrected chi connectivity index (χ4v) is 5.45. The minimum absolute atomic E-state index is 0.0643. The van der Waals surface area contributed by atoms with E-state index in [1.807, 2.05) is 23.3 Å². The van der Waals surface area contributed by atoms with Crippen LogP contribution in [0.3, 0.4) is 0 Å². The molecule has 0 unspecified atom stereocenters. The lowest BCUT2D eigenvalue weighted by Gasteiger charge is -2.15. The summed E-state index contributed by atoms with van der Waals surface area (Å²) in [6.45, 7) is 4.91. The average molecular weight is 444 g/mol. The molecule has 2 N–H and O–H groups in total. The number of anilines is 1. The van der Waals surface area contributed by atoms with E-state index in [0.29, 0.717) is 24.4 Å². The van der Waals surface area contributed by atoms with E-state index in [0.717, 1.165) is 53.9 Å². The van der Waals surface area contributed by atoms with Gasteiger partial charge in [-0.1, -0.05) is 6.07 Å². The third-order valence-electron chi connectivity index (χ3n) is 5.24. The lowest BCUT2D eigenvalue weighted by atomic mass is 10.2. The van der Waals surface area contributed by atoms with Crippen LogP contribution in [-0.2, 0) is 11.2 Å². The molecule has 1 aliphatic heterocycles. The number of rotatable bonds is 9. The van der Waals surface area contributed by atoms with Crippen molar-refractivity contribution in [3.8, 4) is 0 Å². The number of carbonyl (C=O) groups is 2. The van der Waals surface area contributed by atoms with Crippen LogP contribution in [-0.4, -0.2) is 52.9 Å². The van der Waals surface area contributed by atoms with Crippen LogP contribution in [0.4, 0.5) is 5.82 Å². The summed E-state index contributed by atoms with van der Waals surface area (Å²) in [5.74, 6) is 0.938. The van der Waals surface area contributed by atoms with Crippen molar-refractivity contribution >= 4 is 50.5 Å². The van der Waals surface area contributed by atoms with E-state index in [-0.39, 0.29) is 11.8 Å². The average Bonchev–Trinajstić information content (AvgIpc) is 3.47. The highest BCUT2D eigenvalue weighted by Crippen LogP contribution is 2.33. The van der Waals surface area contributed by atoms with E-state index in [1.54, 1.807) is 11.3 Å². The minimum Gasteiger partial charge on any atom is -0.369 e. The van der Waals surface area contributed by atoms with Crippen LogP contribution in [0.15, 0.2) is 23.8 Å². The predicted molar refractivity (Wildman–Crippen MR) is 121 cm³/mol. The molecule has 1 fully saturated rings. The molecule has 4 heterocycles. The summed E-state index contributed by atoms with van der Waals surface area (Å²) >= 11 is 3.10. The summed E-state index contributed by atoms with van der Waals surface area (Å²) in [5.41, 5.74) is 0.904. The van der Waals surface area contributed by atoms with Crippen LogP contribution in [0.25, 0.3) is 10.2 Å². The molecule has 0 radical (unpaired) electrons. The van der Waals surface area contributed by atoms with Crippen molar-refractivity contribution in [2.24, 2.45) is 0 Å². The molecule has 30 heavy (non-hydrogen) atoms. The van der Waals surface area contributed by atoms with Crippen molar-refractivity contribution < 1.29 is 9.59 Å². The molecular formula is C21H25N5O2S2. The maximum Gasteiger partial charge on any atom is 0.261 e. The number of nitrogens with one attached hydrogen (secondary N) is 2. The lowest BCUT2D eigenvalue weighted by molar-refractivity contribution is -0.127. The summed E-state index contributed by atoms with van der Waals surface area (Å²) in [7, 11) is 0. The molecule has 0 spiro atoms. The van der Waals surface area contributed by atoms with Gasteiger partial charge in [-0.05, 0) is 43.2 Å². The Balaban J connectivity index is 1.38. The largest absolute Gasteiger partial charge is 0.369 e. The first-order valence-electron chi connectivity index (χ1n) is 10.2. The Morgan fingerprint density at radius 2 is 2.20 bits per heavy atom. The molecule has 9 heteroatoms. The fourth-order valence-electron chi connectivity index (χ4n) is 3.67. The van der Waals surface area contributed by atoms with Gasteiger partial charge in [-0.15, -0.1) is 22.7 Å². The molecule has 3 aromatic rings. The summed E-state index contributed by atoms with van der Waals surface area (Å²) in [5, 5.41) is 9.34. The molecule has 0 saturated carbocycles. The van der Waals surface area contributed by atoms with Gasteiger partial charge in [0.2, 0.25) is 5.91 Å². The first-order chi connectivity index (χ1) is 14.6. The summed E-state index contributed by atoms with van der Waals surface area (Å²) in [6, 6.07) is 4.10. The van der Waals surface area contributed by atoms with Gasteiger partial charge in [0.1, 0.15) is 17.0 Å². The highest BCUT2D eigenvalue weighted by atomic mass is 32.1. The van der Waals surface area contributed by atoms with E-state index in [4.69, 9.17) is 0 Å². The Morgan fingerprint density at radius 3 is 2.97 bits per heavy atom. The molecule has 0 aromatic carbocycles. The molecule has 4 rings (SSSR count). The Hall–Kier alpha value is -2.52. The SMILES string of the molecule is Cc1c(C(=O)NCCc2cccs2)sc2ncnc(NCCCN3CCCC3=O)c12. The first kappa shape index (κ1) is 20.7. The molecule has 1 saturated heterocycles. The number of aromatic nitrogens is 2. The number of fused-ring (bicyclic) bond motifs is 1. The normalized spacial score (nSPS) is 13.9. The highest BCUT2D eigenvalue weighted by Gasteiger charge is 2.20. The highest BCUT2D eigenvalue weighted by molar-refractivity contribution is 7.20. The summed E-state index contributed by atoms with van der Waals surface area (Å²) < 4.78 is 0. The van der Waals surface area contributed by atoms with Crippen molar-refractivity contribution in [1.29, 1.82) is 0 Å². The number of thiophene rings is 2. The smallest absolute Gasteiger partial charge is 0.261 e. The van der Waals surface area contributed by atoms with Crippen LogP contribution in [0.5, 0.6) is 0 Å². The molecule has 7 nitrogen and oxygen atoms in total. The Kier molecular flexibility index (Phi) is 6.59. The van der Waals surface area contributed by atoms with Gasteiger partial charge in [0.25, 0.3) is 5.91 Å². The van der Waals surface area contributed by atoms with Crippen LogP contribution < -0.4 is 10.6 Å². The maximum atomic E-state index is 12.7. The van der Waals surface area contributed by atoms with Gasteiger partial charge in [-0.3, -0.25) is 9.59 Å². The number of aryl methyl sites for hydroxylation is 1. The Bertz CT molecular complexity index is 1030. The van der Waals surface area contributed by atoms with Gasteiger partial charge >= 0.3 is 0 Å². The first-order valence-corrected chi connectivity index (χ1v) is 11.9. The second-order valence-electron chi connectivity index (χ2n) is 7.31. The van der Waals surface area contributed by atoms with Gasteiger partial charge in [-0.2, -0.15) is 0 Å². The molecule has 0 bridgehead atoms. The van der Waals surface area contributed by atoms with Crippen molar-refractivity contribution in [1.82, 2.24) is 20.2 Å².